The summed E-state index contributed by atoms with van der Waals surface area (Å²) in [6.07, 6.45) is 1.82. The minimum absolute atomic E-state index is 0.0491. The van der Waals surface area contributed by atoms with Crippen LogP contribution in [0.25, 0.3) is 0 Å². The van der Waals surface area contributed by atoms with Crippen molar-refractivity contribution < 1.29 is 14.0 Å². The molecule has 1 N–H and O–H groups in total. The Morgan fingerprint density at radius 3 is 2.77 bits per heavy atom. The Morgan fingerprint density at radius 2 is 2.00 bits per heavy atom. The van der Waals surface area contributed by atoms with Crippen molar-refractivity contribution in [2.45, 2.75) is 32.5 Å². The topological polar surface area (TPSA) is 78.4 Å². The number of rotatable bonds is 7. The van der Waals surface area contributed by atoms with Crippen molar-refractivity contribution in [3.05, 3.63) is 59.2 Å². The summed E-state index contributed by atoms with van der Waals surface area (Å²) in [6, 6.07) is 9.91. The molecule has 2 aliphatic rings. The average Bonchev–Trinajstić information content (AvgIpc) is 2.74. The minimum atomic E-state index is -1.15. The molecule has 0 aliphatic carbocycles. The highest BCUT2D eigenvalue weighted by atomic mass is 19.1. The first-order chi connectivity index (χ1) is 15.0. The van der Waals surface area contributed by atoms with Gasteiger partial charge in [-0.15, -0.1) is 0 Å². The van der Waals surface area contributed by atoms with Gasteiger partial charge in [-0.1, -0.05) is 24.3 Å². The number of alkyl halides is 1. The number of fused-ring (bicyclic) bond motifs is 1. The molecule has 2 aliphatic heterocycles. The van der Waals surface area contributed by atoms with Crippen LogP contribution in [0.3, 0.4) is 0 Å². The Morgan fingerprint density at radius 1 is 1.23 bits per heavy atom. The second kappa shape index (κ2) is 9.51. The molecule has 31 heavy (non-hydrogen) atoms. The molecule has 7 nitrogen and oxygen atoms in total. The number of nitrogens with zero attached hydrogens (tertiary/aromatic N) is 4. The molecule has 8 heteroatoms. The fraction of sp³-hybridized carbons (Fsp3) is 0.478. The van der Waals surface area contributed by atoms with Crippen LogP contribution in [0.2, 0.25) is 0 Å². The van der Waals surface area contributed by atoms with Crippen molar-refractivity contribution in [1.82, 2.24) is 25.1 Å². The van der Waals surface area contributed by atoms with Gasteiger partial charge in [0.1, 0.15) is 18.2 Å². The normalized spacial score (nSPS) is 17.5. The molecule has 1 fully saturated rings. The maximum absolute atomic E-state index is 14.5. The van der Waals surface area contributed by atoms with Crippen molar-refractivity contribution in [2.75, 3.05) is 32.7 Å². The van der Waals surface area contributed by atoms with Gasteiger partial charge in [0.05, 0.1) is 6.54 Å². The molecule has 4 rings (SSSR count). The third kappa shape index (κ3) is 5.44. The lowest BCUT2D eigenvalue weighted by Gasteiger charge is -2.38. The SMILES string of the molecule is CC(=O)N1CC(Cc2cc(C(=O)NCC(F)CN3CCc4ccccc4C3)ncn2)C1. The molecular formula is C23H28FN5O2. The van der Waals surface area contributed by atoms with E-state index >= 15 is 0 Å². The lowest BCUT2D eigenvalue weighted by atomic mass is 9.94. The van der Waals surface area contributed by atoms with E-state index in [1.54, 1.807) is 17.9 Å². The van der Waals surface area contributed by atoms with Crippen molar-refractivity contribution >= 4 is 11.8 Å². The Hall–Kier alpha value is -2.87. The molecule has 2 aromatic rings. The molecule has 3 heterocycles. The van der Waals surface area contributed by atoms with Crippen LogP contribution < -0.4 is 5.32 Å². The number of halogens is 1. The summed E-state index contributed by atoms with van der Waals surface area (Å²) in [6.45, 7) is 4.79. The fourth-order valence-corrected chi connectivity index (χ4v) is 4.23. The summed E-state index contributed by atoms with van der Waals surface area (Å²) in [5.74, 6) is 0.0300. The van der Waals surface area contributed by atoms with Gasteiger partial charge in [0, 0.05) is 45.3 Å². The molecule has 1 aromatic heterocycles. The van der Waals surface area contributed by atoms with Crippen molar-refractivity contribution in [2.24, 2.45) is 5.92 Å². The molecule has 1 atom stereocenters. The van der Waals surface area contributed by atoms with E-state index < -0.39 is 12.1 Å². The number of benzene rings is 1. The molecule has 2 amide bonds. The van der Waals surface area contributed by atoms with Crippen LogP contribution in [-0.2, 0) is 24.2 Å². The Bertz CT molecular complexity index is 947. The summed E-state index contributed by atoms with van der Waals surface area (Å²) < 4.78 is 14.5. The standard InChI is InChI=1S/C23H28FN5O2/c1-16(30)29-11-17(12-29)8-21-9-22(27-15-26-21)23(31)25-10-20(24)14-28-7-6-18-4-2-3-5-19(18)13-28/h2-5,9,15,17,20H,6-8,10-14H2,1H3,(H,25,31). The highest BCUT2D eigenvalue weighted by Crippen LogP contribution is 2.20. The van der Waals surface area contributed by atoms with Crippen molar-refractivity contribution in [3.63, 3.8) is 0 Å². The number of aromatic nitrogens is 2. The largest absolute Gasteiger partial charge is 0.348 e. The van der Waals surface area contributed by atoms with E-state index in [2.05, 4.69) is 32.3 Å². The van der Waals surface area contributed by atoms with Gasteiger partial charge in [0.2, 0.25) is 5.91 Å². The van der Waals surface area contributed by atoms with Gasteiger partial charge in [0.25, 0.3) is 5.91 Å². The molecule has 164 valence electrons. The van der Waals surface area contributed by atoms with Crippen molar-refractivity contribution in [3.8, 4) is 0 Å². The quantitative estimate of drug-likeness (QED) is 0.730. The number of carbonyl (C=O) groups is 2. The lowest BCUT2D eigenvalue weighted by Crippen LogP contribution is -2.49. The summed E-state index contributed by atoms with van der Waals surface area (Å²) in [7, 11) is 0. The van der Waals surface area contributed by atoms with Gasteiger partial charge in [-0.2, -0.15) is 0 Å². The molecule has 0 spiro atoms. The third-order valence-electron chi connectivity index (χ3n) is 6.01. The predicted octanol–water partition coefficient (Wildman–Crippen LogP) is 1.62. The molecule has 0 radical (unpaired) electrons. The van der Waals surface area contributed by atoms with Gasteiger partial charge in [-0.05, 0) is 36.0 Å². The van der Waals surface area contributed by atoms with Gasteiger partial charge >= 0.3 is 0 Å². The molecule has 1 saturated heterocycles. The Kier molecular flexibility index (Phi) is 6.56. The van der Waals surface area contributed by atoms with Gasteiger partial charge < -0.3 is 10.2 Å². The molecule has 0 saturated carbocycles. The summed E-state index contributed by atoms with van der Waals surface area (Å²) in [4.78, 5) is 35.9. The molecule has 1 aromatic carbocycles. The van der Waals surface area contributed by atoms with Gasteiger partial charge in [0.15, 0.2) is 0 Å². The first-order valence-electron chi connectivity index (χ1n) is 10.8. The monoisotopic (exact) mass is 425 g/mol. The number of carbonyl (C=O) groups excluding carboxylic acids is 2. The summed E-state index contributed by atoms with van der Waals surface area (Å²) in [5, 5.41) is 2.65. The van der Waals surface area contributed by atoms with E-state index in [9.17, 15) is 14.0 Å². The smallest absolute Gasteiger partial charge is 0.270 e. The van der Waals surface area contributed by atoms with Crippen molar-refractivity contribution in [1.29, 1.82) is 0 Å². The van der Waals surface area contributed by atoms with Crippen LogP contribution in [0.4, 0.5) is 4.39 Å². The first-order valence-corrected chi connectivity index (χ1v) is 10.8. The van der Waals surface area contributed by atoms with E-state index in [1.165, 1.54) is 17.5 Å². The zero-order valence-corrected chi connectivity index (χ0v) is 17.8. The molecule has 0 bridgehead atoms. The second-order valence-electron chi connectivity index (χ2n) is 8.45. The van der Waals surface area contributed by atoms with Crippen LogP contribution in [0.15, 0.2) is 36.7 Å². The van der Waals surface area contributed by atoms with Crippen LogP contribution in [0, 0.1) is 5.92 Å². The van der Waals surface area contributed by atoms with E-state index in [4.69, 9.17) is 0 Å². The molecule has 1 unspecified atom stereocenters. The van der Waals surface area contributed by atoms with E-state index in [-0.39, 0.29) is 24.7 Å². The summed E-state index contributed by atoms with van der Waals surface area (Å²) >= 11 is 0. The van der Waals surface area contributed by atoms with E-state index in [0.717, 1.165) is 25.2 Å². The zero-order chi connectivity index (χ0) is 21.8. The number of hydrogen-bond acceptors (Lipinski definition) is 5. The highest BCUT2D eigenvalue weighted by Gasteiger charge is 2.29. The third-order valence-corrected chi connectivity index (χ3v) is 6.01. The Balaban J connectivity index is 1.23. The number of nitrogens with one attached hydrogen (secondary N) is 1. The number of likely N-dealkylation sites (tertiary alicyclic amines) is 1. The fourth-order valence-electron chi connectivity index (χ4n) is 4.23. The minimum Gasteiger partial charge on any atom is -0.348 e. The lowest BCUT2D eigenvalue weighted by molar-refractivity contribution is -0.134. The predicted molar refractivity (Wildman–Crippen MR) is 114 cm³/mol. The van der Waals surface area contributed by atoms with E-state index in [0.29, 0.717) is 25.4 Å². The average molecular weight is 426 g/mol. The summed E-state index contributed by atoms with van der Waals surface area (Å²) in [5.41, 5.74) is 3.58. The number of amides is 2. The second-order valence-corrected chi connectivity index (χ2v) is 8.45. The van der Waals surface area contributed by atoms with E-state index in [1.807, 2.05) is 12.1 Å². The maximum atomic E-state index is 14.5. The maximum Gasteiger partial charge on any atom is 0.270 e. The zero-order valence-electron chi connectivity index (χ0n) is 17.8. The van der Waals surface area contributed by atoms with Crippen LogP contribution in [-0.4, -0.2) is 70.5 Å². The molecular weight excluding hydrogens is 397 g/mol. The van der Waals surface area contributed by atoms with Gasteiger partial charge in [-0.3, -0.25) is 14.5 Å². The van der Waals surface area contributed by atoms with Crippen LogP contribution in [0.1, 0.15) is 34.2 Å². The van der Waals surface area contributed by atoms with Crippen LogP contribution >= 0.6 is 0 Å². The Labute approximate surface area is 181 Å². The van der Waals surface area contributed by atoms with Crippen LogP contribution in [0.5, 0.6) is 0 Å². The first kappa shape index (κ1) is 21.4. The number of hydrogen-bond donors (Lipinski definition) is 1. The van der Waals surface area contributed by atoms with Gasteiger partial charge in [-0.25, -0.2) is 14.4 Å². The highest BCUT2D eigenvalue weighted by molar-refractivity contribution is 5.92.